The molecule has 0 radical (unpaired) electrons. The van der Waals surface area contributed by atoms with E-state index >= 15 is 0 Å². The fourth-order valence-electron chi connectivity index (χ4n) is 3.54. The van der Waals surface area contributed by atoms with Crippen LogP contribution < -0.4 is 0 Å². The molecule has 0 aromatic heterocycles. The van der Waals surface area contributed by atoms with Crippen molar-refractivity contribution >= 4 is 6.03 Å². The van der Waals surface area contributed by atoms with Gasteiger partial charge in [0.25, 0.3) is 0 Å². The zero-order valence-corrected chi connectivity index (χ0v) is 10.4. The first-order valence-corrected chi connectivity index (χ1v) is 6.94. The van der Waals surface area contributed by atoms with Crippen molar-refractivity contribution < 1.29 is 9.53 Å². The van der Waals surface area contributed by atoms with Crippen molar-refractivity contribution in [3.05, 3.63) is 0 Å². The first kappa shape index (κ1) is 11.3. The van der Waals surface area contributed by atoms with Gasteiger partial charge in [-0.1, -0.05) is 6.42 Å². The second-order valence-corrected chi connectivity index (χ2v) is 5.69. The SMILES string of the molecule is O=C(N1CCOCC1)N1CC2CCCC(C2)C1. The highest BCUT2D eigenvalue weighted by atomic mass is 16.5. The van der Waals surface area contributed by atoms with Crippen LogP contribution in [0.1, 0.15) is 25.7 Å². The minimum atomic E-state index is 0.255. The number of urea groups is 1. The van der Waals surface area contributed by atoms with E-state index in [2.05, 4.69) is 4.90 Å². The highest BCUT2D eigenvalue weighted by Gasteiger charge is 2.34. The molecule has 2 saturated heterocycles. The summed E-state index contributed by atoms with van der Waals surface area (Å²) in [5.74, 6) is 1.54. The normalized spacial score (nSPS) is 33.6. The van der Waals surface area contributed by atoms with Crippen molar-refractivity contribution in [1.29, 1.82) is 0 Å². The van der Waals surface area contributed by atoms with Crippen LogP contribution in [-0.4, -0.2) is 55.2 Å². The molecular formula is C13H22N2O2. The van der Waals surface area contributed by atoms with Crippen molar-refractivity contribution in [2.45, 2.75) is 25.7 Å². The molecule has 2 atom stereocenters. The smallest absolute Gasteiger partial charge is 0.320 e. The third kappa shape index (κ3) is 2.41. The number of piperidine rings is 1. The van der Waals surface area contributed by atoms with E-state index in [0.717, 1.165) is 38.0 Å². The van der Waals surface area contributed by atoms with Crippen LogP contribution >= 0.6 is 0 Å². The number of carbonyl (C=O) groups excluding carboxylic acids is 1. The third-order valence-corrected chi connectivity index (χ3v) is 4.40. The van der Waals surface area contributed by atoms with E-state index in [9.17, 15) is 4.79 Å². The number of hydrogen-bond donors (Lipinski definition) is 0. The van der Waals surface area contributed by atoms with E-state index in [0.29, 0.717) is 13.2 Å². The minimum Gasteiger partial charge on any atom is -0.378 e. The van der Waals surface area contributed by atoms with Crippen LogP contribution in [0.25, 0.3) is 0 Å². The molecule has 0 aromatic rings. The lowest BCUT2D eigenvalue weighted by Gasteiger charge is -2.43. The number of nitrogens with zero attached hydrogens (tertiary/aromatic N) is 2. The summed E-state index contributed by atoms with van der Waals surface area (Å²) in [4.78, 5) is 16.4. The zero-order chi connectivity index (χ0) is 11.7. The predicted octanol–water partition coefficient (Wildman–Crippen LogP) is 1.56. The van der Waals surface area contributed by atoms with Crippen molar-refractivity contribution in [2.75, 3.05) is 39.4 Å². The van der Waals surface area contributed by atoms with E-state index in [1.54, 1.807) is 0 Å². The number of fused-ring (bicyclic) bond motifs is 2. The number of likely N-dealkylation sites (tertiary alicyclic amines) is 1. The molecule has 2 amide bonds. The Morgan fingerprint density at radius 3 is 2.29 bits per heavy atom. The van der Waals surface area contributed by atoms with Crippen molar-refractivity contribution in [2.24, 2.45) is 11.8 Å². The Hall–Kier alpha value is -0.770. The van der Waals surface area contributed by atoms with Gasteiger partial charge in [0.2, 0.25) is 0 Å². The van der Waals surface area contributed by atoms with Crippen molar-refractivity contribution in [1.82, 2.24) is 9.80 Å². The number of carbonyl (C=O) groups is 1. The Bertz CT molecular complexity index is 277. The highest BCUT2D eigenvalue weighted by Crippen LogP contribution is 2.34. The van der Waals surface area contributed by atoms with E-state index in [1.165, 1.54) is 25.7 Å². The predicted molar refractivity (Wildman–Crippen MR) is 64.8 cm³/mol. The standard InChI is InChI=1S/C13H22N2O2/c16-13(14-4-6-17-7-5-14)15-9-11-2-1-3-12(8-11)10-15/h11-12H,1-10H2. The maximum Gasteiger partial charge on any atom is 0.320 e. The second kappa shape index (κ2) is 4.84. The second-order valence-electron chi connectivity index (χ2n) is 5.69. The largest absolute Gasteiger partial charge is 0.378 e. The van der Waals surface area contributed by atoms with Gasteiger partial charge >= 0.3 is 6.03 Å². The van der Waals surface area contributed by atoms with Crippen LogP contribution in [0.3, 0.4) is 0 Å². The summed E-state index contributed by atoms with van der Waals surface area (Å²) in [6.07, 6.45) is 5.37. The quantitative estimate of drug-likeness (QED) is 0.641. The van der Waals surface area contributed by atoms with Gasteiger partial charge < -0.3 is 14.5 Å². The monoisotopic (exact) mass is 238 g/mol. The number of hydrogen-bond acceptors (Lipinski definition) is 2. The molecule has 4 nitrogen and oxygen atoms in total. The van der Waals surface area contributed by atoms with Gasteiger partial charge in [0.1, 0.15) is 0 Å². The van der Waals surface area contributed by atoms with Gasteiger partial charge in [0.05, 0.1) is 13.2 Å². The topological polar surface area (TPSA) is 32.8 Å². The van der Waals surface area contributed by atoms with Gasteiger partial charge in [-0.05, 0) is 31.1 Å². The maximum atomic E-state index is 12.4. The Balaban J connectivity index is 1.61. The molecule has 2 heterocycles. The Morgan fingerprint density at radius 1 is 1.00 bits per heavy atom. The number of morpholine rings is 1. The van der Waals surface area contributed by atoms with Crippen LogP contribution in [0, 0.1) is 11.8 Å². The fraction of sp³-hybridized carbons (Fsp3) is 0.923. The molecule has 96 valence electrons. The number of rotatable bonds is 0. The first-order chi connectivity index (χ1) is 8.33. The van der Waals surface area contributed by atoms with Crippen LogP contribution in [0.2, 0.25) is 0 Å². The lowest BCUT2D eigenvalue weighted by atomic mass is 9.78. The number of amides is 2. The summed E-state index contributed by atoms with van der Waals surface area (Å²) in [6.45, 7) is 4.92. The van der Waals surface area contributed by atoms with Crippen LogP contribution in [0.15, 0.2) is 0 Å². The minimum absolute atomic E-state index is 0.255. The van der Waals surface area contributed by atoms with E-state index in [1.807, 2.05) is 4.90 Å². The van der Waals surface area contributed by atoms with Crippen molar-refractivity contribution in [3.63, 3.8) is 0 Å². The van der Waals surface area contributed by atoms with Crippen molar-refractivity contribution in [3.8, 4) is 0 Å². The highest BCUT2D eigenvalue weighted by molar-refractivity contribution is 5.74. The molecule has 3 aliphatic rings. The van der Waals surface area contributed by atoms with Crippen LogP contribution in [0.4, 0.5) is 4.79 Å². The molecule has 0 N–H and O–H groups in total. The molecule has 1 saturated carbocycles. The molecule has 0 aromatic carbocycles. The molecule has 0 spiro atoms. The van der Waals surface area contributed by atoms with E-state index in [4.69, 9.17) is 4.74 Å². The summed E-state index contributed by atoms with van der Waals surface area (Å²) in [7, 11) is 0. The van der Waals surface area contributed by atoms with E-state index < -0.39 is 0 Å². The number of ether oxygens (including phenoxy) is 1. The average Bonchev–Trinajstić information content (AvgIpc) is 2.38. The molecule has 2 bridgehead atoms. The van der Waals surface area contributed by atoms with Gasteiger partial charge in [0, 0.05) is 26.2 Å². The molecule has 3 fully saturated rings. The van der Waals surface area contributed by atoms with Gasteiger partial charge in [-0.2, -0.15) is 0 Å². The molecule has 2 aliphatic heterocycles. The molecule has 2 unspecified atom stereocenters. The Morgan fingerprint density at radius 2 is 1.65 bits per heavy atom. The summed E-state index contributed by atoms with van der Waals surface area (Å²) in [6, 6.07) is 0.255. The molecule has 1 aliphatic carbocycles. The Labute approximate surface area is 103 Å². The van der Waals surface area contributed by atoms with Gasteiger partial charge in [-0.3, -0.25) is 0 Å². The van der Waals surface area contributed by atoms with Gasteiger partial charge in [0.15, 0.2) is 0 Å². The third-order valence-electron chi connectivity index (χ3n) is 4.40. The molecular weight excluding hydrogens is 216 g/mol. The van der Waals surface area contributed by atoms with Crippen LogP contribution in [0.5, 0.6) is 0 Å². The maximum absolute atomic E-state index is 12.4. The van der Waals surface area contributed by atoms with Crippen LogP contribution in [-0.2, 0) is 4.74 Å². The summed E-state index contributed by atoms with van der Waals surface area (Å²) < 4.78 is 5.30. The summed E-state index contributed by atoms with van der Waals surface area (Å²) in [5.41, 5.74) is 0. The van der Waals surface area contributed by atoms with Gasteiger partial charge in [-0.15, -0.1) is 0 Å². The molecule has 3 rings (SSSR count). The summed E-state index contributed by atoms with van der Waals surface area (Å²) >= 11 is 0. The average molecular weight is 238 g/mol. The van der Waals surface area contributed by atoms with E-state index in [-0.39, 0.29) is 6.03 Å². The van der Waals surface area contributed by atoms with Gasteiger partial charge in [-0.25, -0.2) is 4.79 Å². The fourth-order valence-corrected chi connectivity index (χ4v) is 3.54. The molecule has 4 heteroatoms. The lowest BCUT2D eigenvalue weighted by molar-refractivity contribution is 0.0304. The Kier molecular flexibility index (Phi) is 3.23. The summed E-state index contributed by atoms with van der Waals surface area (Å²) in [5, 5.41) is 0. The first-order valence-electron chi connectivity index (χ1n) is 6.94. The zero-order valence-electron chi connectivity index (χ0n) is 10.4. The molecule has 17 heavy (non-hydrogen) atoms. The lowest BCUT2D eigenvalue weighted by Crippen LogP contribution is -2.53.